The number of carbonyl (C=O) groups is 1. The van der Waals surface area contributed by atoms with Crippen molar-refractivity contribution in [3.05, 3.63) is 102 Å². The van der Waals surface area contributed by atoms with Crippen LogP contribution in [0.3, 0.4) is 0 Å². The summed E-state index contributed by atoms with van der Waals surface area (Å²) in [6.07, 6.45) is 3.72. The van der Waals surface area contributed by atoms with Crippen molar-refractivity contribution in [2.45, 2.75) is 20.0 Å². The summed E-state index contributed by atoms with van der Waals surface area (Å²) in [5.41, 5.74) is 4.37. The van der Waals surface area contributed by atoms with Crippen molar-refractivity contribution in [3.63, 3.8) is 0 Å². The van der Waals surface area contributed by atoms with Gasteiger partial charge >= 0.3 is 0 Å². The number of para-hydroxylation sites is 1. The van der Waals surface area contributed by atoms with Crippen LogP contribution in [-0.2, 0) is 13.1 Å². The van der Waals surface area contributed by atoms with Gasteiger partial charge in [0.15, 0.2) is 5.69 Å². The minimum absolute atomic E-state index is 0.200. The van der Waals surface area contributed by atoms with Crippen LogP contribution in [0.25, 0.3) is 5.69 Å². The van der Waals surface area contributed by atoms with Gasteiger partial charge in [-0.05, 0) is 30.7 Å². The Bertz CT molecular complexity index is 1070. The minimum Gasteiger partial charge on any atom is -0.346 e. The molecule has 0 atom stereocenters. The summed E-state index contributed by atoms with van der Waals surface area (Å²) in [6.45, 7) is 3.05. The molecule has 28 heavy (non-hydrogen) atoms. The number of amides is 1. The Morgan fingerprint density at radius 2 is 1.71 bits per heavy atom. The average molecular weight is 371 g/mol. The number of nitrogens with one attached hydrogen (secondary N) is 1. The van der Waals surface area contributed by atoms with Gasteiger partial charge < -0.3 is 5.32 Å². The van der Waals surface area contributed by atoms with Crippen LogP contribution in [0.2, 0.25) is 0 Å². The normalized spacial score (nSPS) is 10.8. The molecule has 0 radical (unpaired) electrons. The molecule has 2 heterocycles. The molecule has 4 aromatic rings. The van der Waals surface area contributed by atoms with Gasteiger partial charge in [0.25, 0.3) is 5.91 Å². The van der Waals surface area contributed by atoms with Gasteiger partial charge in [-0.1, -0.05) is 48.5 Å². The number of rotatable bonds is 6. The van der Waals surface area contributed by atoms with Crippen LogP contribution in [0.5, 0.6) is 0 Å². The van der Waals surface area contributed by atoms with E-state index < -0.39 is 0 Å². The molecule has 0 saturated heterocycles. The van der Waals surface area contributed by atoms with Gasteiger partial charge in [-0.2, -0.15) is 10.2 Å². The number of hydrogen-bond acceptors (Lipinski definition) is 3. The first-order valence-corrected chi connectivity index (χ1v) is 9.14. The second kappa shape index (κ2) is 7.92. The SMILES string of the molecule is Cc1cc(C(=O)NCc2cnn(Cc3ccccc3)c2)nn1-c1ccccc1. The first-order valence-electron chi connectivity index (χ1n) is 9.14. The second-order valence-corrected chi connectivity index (χ2v) is 6.63. The number of carbonyl (C=O) groups excluding carboxylic acids is 1. The van der Waals surface area contributed by atoms with Gasteiger partial charge in [0.1, 0.15) is 0 Å². The maximum absolute atomic E-state index is 12.5. The maximum atomic E-state index is 12.5. The molecule has 1 amide bonds. The zero-order chi connectivity index (χ0) is 19.3. The molecule has 140 valence electrons. The van der Waals surface area contributed by atoms with Gasteiger partial charge in [-0.25, -0.2) is 4.68 Å². The quantitative estimate of drug-likeness (QED) is 0.565. The Kier molecular flexibility index (Phi) is 5.01. The fraction of sp³-hybridized carbons (Fsp3) is 0.136. The molecular weight excluding hydrogens is 350 g/mol. The van der Waals surface area contributed by atoms with E-state index in [1.165, 1.54) is 5.56 Å². The molecule has 6 nitrogen and oxygen atoms in total. The second-order valence-electron chi connectivity index (χ2n) is 6.63. The zero-order valence-corrected chi connectivity index (χ0v) is 15.6. The zero-order valence-electron chi connectivity index (χ0n) is 15.6. The fourth-order valence-electron chi connectivity index (χ4n) is 3.04. The summed E-state index contributed by atoms with van der Waals surface area (Å²) in [4.78, 5) is 12.5. The number of nitrogens with zero attached hydrogens (tertiary/aromatic N) is 4. The number of aryl methyl sites for hydroxylation is 1. The molecular formula is C22H21N5O. The summed E-state index contributed by atoms with van der Waals surface area (Å²) >= 11 is 0. The predicted molar refractivity (Wildman–Crippen MR) is 107 cm³/mol. The van der Waals surface area contributed by atoms with Crippen molar-refractivity contribution >= 4 is 5.91 Å². The highest BCUT2D eigenvalue weighted by molar-refractivity contribution is 5.92. The molecule has 0 unspecified atom stereocenters. The molecule has 0 bridgehead atoms. The van der Waals surface area contributed by atoms with E-state index in [1.54, 1.807) is 16.9 Å². The Morgan fingerprint density at radius 3 is 2.46 bits per heavy atom. The molecule has 1 N–H and O–H groups in total. The molecule has 0 saturated carbocycles. The van der Waals surface area contributed by atoms with Gasteiger partial charge in [0.05, 0.1) is 18.4 Å². The number of hydrogen-bond donors (Lipinski definition) is 1. The standard InChI is InChI=1S/C22H21N5O/c1-17-12-21(25-27(17)20-10-6-3-7-11-20)22(28)23-13-19-14-24-26(16-19)15-18-8-4-2-5-9-18/h2-12,14,16H,13,15H2,1H3,(H,23,28). The van der Waals surface area contributed by atoms with Crippen LogP contribution < -0.4 is 5.32 Å². The highest BCUT2D eigenvalue weighted by Crippen LogP contribution is 2.12. The van der Waals surface area contributed by atoms with Crippen LogP contribution in [0.4, 0.5) is 0 Å². The molecule has 2 aromatic heterocycles. The van der Waals surface area contributed by atoms with E-state index in [2.05, 4.69) is 27.6 Å². The van der Waals surface area contributed by atoms with Crippen LogP contribution in [0.15, 0.2) is 79.1 Å². The largest absolute Gasteiger partial charge is 0.346 e. The molecule has 0 aliphatic carbocycles. The van der Waals surface area contributed by atoms with Crippen LogP contribution in [0.1, 0.15) is 27.3 Å². The van der Waals surface area contributed by atoms with E-state index in [1.807, 2.05) is 66.3 Å². The van der Waals surface area contributed by atoms with Crippen molar-refractivity contribution in [1.29, 1.82) is 0 Å². The molecule has 2 aromatic carbocycles. The van der Waals surface area contributed by atoms with Gasteiger partial charge in [-0.15, -0.1) is 0 Å². The fourth-order valence-corrected chi connectivity index (χ4v) is 3.04. The highest BCUT2D eigenvalue weighted by Gasteiger charge is 2.13. The lowest BCUT2D eigenvalue weighted by molar-refractivity contribution is 0.0945. The summed E-state index contributed by atoms with van der Waals surface area (Å²) in [7, 11) is 0. The monoisotopic (exact) mass is 371 g/mol. The summed E-state index contributed by atoms with van der Waals surface area (Å²) < 4.78 is 3.64. The topological polar surface area (TPSA) is 64.7 Å². The first-order chi connectivity index (χ1) is 13.7. The third kappa shape index (κ3) is 4.01. The van der Waals surface area contributed by atoms with Gasteiger partial charge in [-0.3, -0.25) is 9.48 Å². The van der Waals surface area contributed by atoms with Crippen molar-refractivity contribution < 1.29 is 4.79 Å². The van der Waals surface area contributed by atoms with Crippen LogP contribution in [0, 0.1) is 6.92 Å². The van der Waals surface area contributed by atoms with E-state index in [-0.39, 0.29) is 5.91 Å². The average Bonchev–Trinajstić information content (AvgIpc) is 3.34. The van der Waals surface area contributed by atoms with Crippen LogP contribution in [-0.4, -0.2) is 25.5 Å². The number of benzene rings is 2. The molecule has 6 heteroatoms. The summed E-state index contributed by atoms with van der Waals surface area (Å²) in [6, 6.07) is 21.7. The summed E-state index contributed by atoms with van der Waals surface area (Å²) in [5, 5.41) is 11.7. The van der Waals surface area contributed by atoms with Crippen molar-refractivity contribution in [1.82, 2.24) is 24.9 Å². The third-order valence-corrected chi connectivity index (χ3v) is 4.45. The van der Waals surface area contributed by atoms with Crippen molar-refractivity contribution in [2.24, 2.45) is 0 Å². The van der Waals surface area contributed by atoms with E-state index in [9.17, 15) is 4.79 Å². The summed E-state index contributed by atoms with van der Waals surface area (Å²) in [5.74, 6) is -0.200. The van der Waals surface area contributed by atoms with E-state index in [0.29, 0.717) is 18.8 Å². The third-order valence-electron chi connectivity index (χ3n) is 4.45. The van der Waals surface area contributed by atoms with Crippen molar-refractivity contribution in [2.75, 3.05) is 0 Å². The van der Waals surface area contributed by atoms with Crippen LogP contribution >= 0.6 is 0 Å². The maximum Gasteiger partial charge on any atom is 0.272 e. The first kappa shape index (κ1) is 17.7. The van der Waals surface area contributed by atoms with E-state index in [4.69, 9.17) is 0 Å². The Morgan fingerprint density at radius 1 is 1.00 bits per heavy atom. The highest BCUT2D eigenvalue weighted by atomic mass is 16.1. The smallest absolute Gasteiger partial charge is 0.272 e. The van der Waals surface area contributed by atoms with Gasteiger partial charge in [0.2, 0.25) is 0 Å². The van der Waals surface area contributed by atoms with E-state index in [0.717, 1.165) is 16.9 Å². The lowest BCUT2D eigenvalue weighted by Gasteiger charge is -2.03. The molecule has 4 rings (SSSR count). The molecule has 0 fully saturated rings. The Hall–Kier alpha value is -3.67. The minimum atomic E-state index is -0.200. The molecule has 0 aliphatic heterocycles. The Labute approximate surface area is 163 Å². The van der Waals surface area contributed by atoms with Gasteiger partial charge in [0, 0.05) is 24.0 Å². The predicted octanol–water partition coefficient (Wildman–Crippen LogP) is 3.36. The Balaban J connectivity index is 1.39. The molecule has 0 spiro atoms. The van der Waals surface area contributed by atoms with Crippen molar-refractivity contribution in [3.8, 4) is 5.69 Å². The van der Waals surface area contributed by atoms with E-state index >= 15 is 0 Å². The molecule has 0 aliphatic rings. The lowest BCUT2D eigenvalue weighted by Crippen LogP contribution is -2.23. The number of aromatic nitrogens is 4. The lowest BCUT2D eigenvalue weighted by atomic mass is 10.2.